The fraction of sp³-hybridized carbons (Fsp3) is 0.188. The second kappa shape index (κ2) is 6.10. The van der Waals surface area contributed by atoms with Crippen LogP contribution in [0.5, 0.6) is 0 Å². The van der Waals surface area contributed by atoms with Gasteiger partial charge < -0.3 is 0 Å². The Morgan fingerprint density at radius 1 is 1.10 bits per heavy atom. The Hall–Kier alpha value is -2.14. The zero-order chi connectivity index (χ0) is 15.5. The number of carbonyl (C=O) groups excluding carboxylic acids is 1. The molecule has 0 unspecified atom stereocenters. The van der Waals surface area contributed by atoms with Crippen LogP contribution in [0.25, 0.3) is 0 Å². The van der Waals surface area contributed by atoms with Crippen molar-refractivity contribution in [2.24, 2.45) is 0 Å². The Bertz CT molecular complexity index is 749. The van der Waals surface area contributed by atoms with E-state index in [1.807, 2.05) is 31.2 Å². The SMILES string of the molecule is Cc1cccc(CC(=O)c2ccc(NS(C)(=O)=O)cc2)c1. The van der Waals surface area contributed by atoms with E-state index in [4.69, 9.17) is 0 Å². The van der Waals surface area contributed by atoms with Crippen molar-refractivity contribution in [3.05, 3.63) is 65.2 Å². The smallest absolute Gasteiger partial charge is 0.229 e. The number of Topliss-reactive ketones (excluding diaryl/α,β-unsaturated/α-hetero) is 1. The molecule has 0 fully saturated rings. The van der Waals surface area contributed by atoms with Crippen molar-refractivity contribution in [1.82, 2.24) is 0 Å². The number of benzene rings is 2. The van der Waals surface area contributed by atoms with Crippen molar-refractivity contribution >= 4 is 21.5 Å². The van der Waals surface area contributed by atoms with Crippen molar-refractivity contribution in [3.63, 3.8) is 0 Å². The second-order valence-corrected chi connectivity index (χ2v) is 6.79. The van der Waals surface area contributed by atoms with Crippen molar-refractivity contribution in [3.8, 4) is 0 Å². The van der Waals surface area contributed by atoms with Crippen LogP contribution < -0.4 is 4.72 Å². The van der Waals surface area contributed by atoms with E-state index in [1.165, 1.54) is 0 Å². The van der Waals surface area contributed by atoms with E-state index < -0.39 is 10.0 Å². The molecule has 2 aromatic rings. The van der Waals surface area contributed by atoms with Crippen LogP contribution >= 0.6 is 0 Å². The fourth-order valence-corrected chi connectivity index (χ4v) is 2.61. The first-order valence-corrected chi connectivity index (χ1v) is 8.39. The molecule has 0 aromatic heterocycles. The van der Waals surface area contributed by atoms with Gasteiger partial charge in [0.25, 0.3) is 0 Å². The summed E-state index contributed by atoms with van der Waals surface area (Å²) < 4.78 is 24.6. The van der Waals surface area contributed by atoms with Gasteiger partial charge in [0, 0.05) is 17.7 Å². The maximum atomic E-state index is 12.2. The summed E-state index contributed by atoms with van der Waals surface area (Å²) in [4.78, 5) is 12.2. The summed E-state index contributed by atoms with van der Waals surface area (Å²) in [6.45, 7) is 1.99. The van der Waals surface area contributed by atoms with Crippen molar-refractivity contribution < 1.29 is 13.2 Å². The summed E-state index contributed by atoms with van der Waals surface area (Å²) in [5.41, 5.74) is 3.10. The van der Waals surface area contributed by atoms with Gasteiger partial charge in [0.2, 0.25) is 10.0 Å². The molecule has 0 bridgehead atoms. The normalized spacial score (nSPS) is 11.1. The Labute approximate surface area is 124 Å². The Balaban J connectivity index is 2.10. The largest absolute Gasteiger partial charge is 0.294 e. The lowest BCUT2D eigenvalue weighted by Crippen LogP contribution is -2.10. The zero-order valence-electron chi connectivity index (χ0n) is 12.0. The van der Waals surface area contributed by atoms with Crippen LogP contribution in [0, 0.1) is 6.92 Å². The highest BCUT2D eigenvalue weighted by atomic mass is 32.2. The number of hydrogen-bond acceptors (Lipinski definition) is 3. The lowest BCUT2D eigenvalue weighted by molar-refractivity contribution is 0.0993. The third-order valence-corrected chi connectivity index (χ3v) is 3.56. The predicted octanol–water partition coefficient (Wildman–Crippen LogP) is 2.79. The van der Waals surface area contributed by atoms with E-state index in [0.29, 0.717) is 17.7 Å². The van der Waals surface area contributed by atoms with Crippen LogP contribution in [0.3, 0.4) is 0 Å². The molecular formula is C16H17NO3S. The average Bonchev–Trinajstić information content (AvgIpc) is 2.37. The number of sulfonamides is 1. The van der Waals surface area contributed by atoms with Crippen LogP contribution in [0.2, 0.25) is 0 Å². The Kier molecular flexibility index (Phi) is 4.43. The molecule has 110 valence electrons. The number of nitrogens with one attached hydrogen (secondary N) is 1. The fourth-order valence-electron chi connectivity index (χ4n) is 2.05. The van der Waals surface area contributed by atoms with E-state index in [1.54, 1.807) is 24.3 Å². The quantitative estimate of drug-likeness (QED) is 0.864. The van der Waals surface area contributed by atoms with Gasteiger partial charge in [-0.2, -0.15) is 0 Å². The molecule has 2 aromatic carbocycles. The molecule has 5 heteroatoms. The number of ketones is 1. The molecule has 0 atom stereocenters. The molecule has 0 radical (unpaired) electrons. The van der Waals surface area contributed by atoms with E-state index >= 15 is 0 Å². The molecule has 0 amide bonds. The molecule has 0 saturated carbocycles. The number of anilines is 1. The molecule has 0 aliphatic heterocycles. The lowest BCUT2D eigenvalue weighted by atomic mass is 10.0. The first kappa shape index (κ1) is 15.3. The van der Waals surface area contributed by atoms with Gasteiger partial charge in [0.15, 0.2) is 5.78 Å². The molecule has 0 aliphatic rings. The minimum absolute atomic E-state index is 0.00602. The Morgan fingerprint density at radius 2 is 1.76 bits per heavy atom. The second-order valence-electron chi connectivity index (χ2n) is 5.04. The Morgan fingerprint density at radius 3 is 2.33 bits per heavy atom. The van der Waals surface area contributed by atoms with Gasteiger partial charge in [0.1, 0.15) is 0 Å². The van der Waals surface area contributed by atoms with E-state index in [-0.39, 0.29) is 5.78 Å². The van der Waals surface area contributed by atoms with Crippen LogP contribution in [-0.2, 0) is 16.4 Å². The summed E-state index contributed by atoms with van der Waals surface area (Å²) >= 11 is 0. The number of rotatable bonds is 5. The average molecular weight is 303 g/mol. The predicted molar refractivity (Wildman–Crippen MR) is 84.1 cm³/mol. The summed E-state index contributed by atoms with van der Waals surface area (Å²) in [6.07, 6.45) is 1.42. The van der Waals surface area contributed by atoms with Crippen molar-refractivity contribution in [2.75, 3.05) is 11.0 Å². The number of carbonyl (C=O) groups is 1. The monoisotopic (exact) mass is 303 g/mol. The van der Waals surface area contributed by atoms with Gasteiger partial charge in [-0.05, 0) is 36.8 Å². The molecule has 2 rings (SSSR count). The molecule has 1 N–H and O–H groups in total. The molecular weight excluding hydrogens is 286 g/mol. The minimum atomic E-state index is -3.30. The number of aryl methyl sites for hydroxylation is 1. The third-order valence-electron chi connectivity index (χ3n) is 2.96. The summed E-state index contributed by atoms with van der Waals surface area (Å²) in [5, 5.41) is 0. The molecule has 21 heavy (non-hydrogen) atoms. The summed E-state index contributed by atoms with van der Waals surface area (Å²) in [7, 11) is -3.30. The summed E-state index contributed by atoms with van der Waals surface area (Å²) in [6, 6.07) is 14.3. The van der Waals surface area contributed by atoms with E-state index in [9.17, 15) is 13.2 Å². The van der Waals surface area contributed by atoms with Crippen LogP contribution in [-0.4, -0.2) is 20.5 Å². The molecule has 0 spiro atoms. The van der Waals surface area contributed by atoms with Crippen LogP contribution in [0.4, 0.5) is 5.69 Å². The first-order chi connectivity index (χ1) is 9.83. The molecule has 0 saturated heterocycles. The maximum Gasteiger partial charge on any atom is 0.229 e. The third kappa shape index (κ3) is 4.72. The van der Waals surface area contributed by atoms with Crippen molar-refractivity contribution in [2.45, 2.75) is 13.3 Å². The minimum Gasteiger partial charge on any atom is -0.294 e. The van der Waals surface area contributed by atoms with Crippen LogP contribution in [0.15, 0.2) is 48.5 Å². The molecule has 0 heterocycles. The van der Waals surface area contributed by atoms with Gasteiger partial charge in [-0.3, -0.25) is 9.52 Å². The van der Waals surface area contributed by atoms with Gasteiger partial charge in [-0.1, -0.05) is 29.8 Å². The van der Waals surface area contributed by atoms with Crippen LogP contribution in [0.1, 0.15) is 21.5 Å². The highest BCUT2D eigenvalue weighted by Gasteiger charge is 2.08. The number of hydrogen-bond donors (Lipinski definition) is 1. The van der Waals surface area contributed by atoms with Gasteiger partial charge in [-0.25, -0.2) is 8.42 Å². The van der Waals surface area contributed by atoms with Gasteiger partial charge >= 0.3 is 0 Å². The molecule has 0 aliphatic carbocycles. The first-order valence-electron chi connectivity index (χ1n) is 6.50. The topological polar surface area (TPSA) is 63.2 Å². The summed E-state index contributed by atoms with van der Waals surface area (Å²) in [5.74, 6) is 0.00602. The van der Waals surface area contributed by atoms with E-state index in [2.05, 4.69) is 4.72 Å². The van der Waals surface area contributed by atoms with Gasteiger partial charge in [0.05, 0.1) is 6.26 Å². The van der Waals surface area contributed by atoms with Gasteiger partial charge in [-0.15, -0.1) is 0 Å². The lowest BCUT2D eigenvalue weighted by Gasteiger charge is -2.06. The standard InChI is InChI=1S/C16H17NO3S/c1-12-4-3-5-13(10-12)11-16(18)14-6-8-15(9-7-14)17-21(2,19)20/h3-10,17H,11H2,1-2H3. The molecule has 4 nitrogen and oxygen atoms in total. The highest BCUT2D eigenvalue weighted by molar-refractivity contribution is 7.92. The maximum absolute atomic E-state index is 12.2. The van der Waals surface area contributed by atoms with Crippen molar-refractivity contribution in [1.29, 1.82) is 0 Å². The zero-order valence-corrected chi connectivity index (χ0v) is 12.8. The van der Waals surface area contributed by atoms with E-state index in [0.717, 1.165) is 17.4 Å². The highest BCUT2D eigenvalue weighted by Crippen LogP contribution is 2.14.